The molecule has 0 aromatic heterocycles. The van der Waals surface area contributed by atoms with Gasteiger partial charge in [-0.25, -0.2) is 8.42 Å². The first-order valence-corrected chi connectivity index (χ1v) is 8.92. The van der Waals surface area contributed by atoms with Crippen molar-refractivity contribution in [2.45, 2.75) is 42.2 Å². The maximum Gasteiger partial charge on any atom is 0.223 e. The van der Waals surface area contributed by atoms with Crippen molar-refractivity contribution < 1.29 is 13.2 Å². The fraction of sp³-hybridized carbons (Fsp3) is 0.900. The van der Waals surface area contributed by atoms with E-state index in [2.05, 4.69) is 10.6 Å². The number of hydrogen-bond donors (Lipinski definition) is 2. The van der Waals surface area contributed by atoms with Gasteiger partial charge in [0, 0.05) is 12.5 Å². The van der Waals surface area contributed by atoms with Crippen LogP contribution in [0.25, 0.3) is 0 Å². The van der Waals surface area contributed by atoms with E-state index in [4.69, 9.17) is 34.8 Å². The minimum atomic E-state index is -3.03. The van der Waals surface area contributed by atoms with Crippen LogP contribution in [0.3, 0.4) is 0 Å². The molecule has 0 spiro atoms. The Bertz CT molecular complexity index is 422. The monoisotopic (exact) mass is 350 g/mol. The van der Waals surface area contributed by atoms with Crippen LogP contribution in [0, 0.1) is 0 Å². The standard InChI is InChI=1S/C10H17Cl3N2O3S/c1-2-3-8(16)15-9(10(11,12)13)14-7-4-5-19(17,18)6-7/h7,9,14H,2-6H2,1H3,(H,15,16)/t7-,9+/m1/s1. The number of hydrogen-bond acceptors (Lipinski definition) is 4. The Hall–Kier alpha value is 0.250. The van der Waals surface area contributed by atoms with Crippen LogP contribution in [0.4, 0.5) is 0 Å². The summed E-state index contributed by atoms with van der Waals surface area (Å²) in [7, 11) is -3.03. The summed E-state index contributed by atoms with van der Waals surface area (Å²) in [6.45, 7) is 1.86. The van der Waals surface area contributed by atoms with E-state index < -0.39 is 19.8 Å². The highest BCUT2D eigenvalue weighted by Crippen LogP contribution is 2.30. The van der Waals surface area contributed by atoms with Gasteiger partial charge < -0.3 is 5.32 Å². The number of carbonyl (C=O) groups is 1. The third kappa shape index (κ3) is 6.04. The summed E-state index contributed by atoms with van der Waals surface area (Å²) < 4.78 is 21.0. The van der Waals surface area contributed by atoms with Gasteiger partial charge in [-0.2, -0.15) is 0 Å². The number of halogens is 3. The molecule has 0 aromatic rings. The first-order valence-electron chi connectivity index (χ1n) is 5.96. The van der Waals surface area contributed by atoms with Crippen LogP contribution in [0.5, 0.6) is 0 Å². The van der Waals surface area contributed by atoms with Gasteiger partial charge in [0.1, 0.15) is 6.17 Å². The first-order chi connectivity index (χ1) is 8.64. The molecule has 1 aliphatic rings. The average Bonchev–Trinajstić information content (AvgIpc) is 2.56. The van der Waals surface area contributed by atoms with Crippen molar-refractivity contribution in [1.82, 2.24) is 10.6 Å². The zero-order chi connectivity index (χ0) is 14.7. The molecule has 0 aliphatic carbocycles. The number of alkyl halides is 3. The van der Waals surface area contributed by atoms with E-state index in [9.17, 15) is 13.2 Å². The molecule has 1 aliphatic heterocycles. The minimum Gasteiger partial charge on any atom is -0.337 e. The number of rotatable bonds is 5. The van der Waals surface area contributed by atoms with E-state index in [-0.39, 0.29) is 23.5 Å². The van der Waals surface area contributed by atoms with E-state index >= 15 is 0 Å². The van der Waals surface area contributed by atoms with Crippen molar-refractivity contribution in [3.8, 4) is 0 Å². The Labute approximate surface area is 128 Å². The largest absolute Gasteiger partial charge is 0.337 e. The summed E-state index contributed by atoms with van der Waals surface area (Å²) in [5.41, 5.74) is 0. The predicted octanol–water partition coefficient (Wildman–Crippen LogP) is 1.38. The topological polar surface area (TPSA) is 75.3 Å². The summed E-state index contributed by atoms with van der Waals surface area (Å²) in [6, 6.07) is -0.312. The second-order valence-corrected chi connectivity index (χ2v) is 9.16. The molecule has 0 aromatic carbocycles. The lowest BCUT2D eigenvalue weighted by atomic mass is 10.2. The Morgan fingerprint density at radius 3 is 2.47 bits per heavy atom. The van der Waals surface area contributed by atoms with Gasteiger partial charge in [-0.05, 0) is 12.8 Å². The molecule has 1 amide bonds. The highest BCUT2D eigenvalue weighted by Gasteiger charge is 2.38. The van der Waals surface area contributed by atoms with Gasteiger partial charge in [0.15, 0.2) is 9.84 Å². The Morgan fingerprint density at radius 1 is 1.42 bits per heavy atom. The molecular formula is C10H17Cl3N2O3S. The van der Waals surface area contributed by atoms with Crippen molar-refractivity contribution in [3.05, 3.63) is 0 Å². The van der Waals surface area contributed by atoms with E-state index in [1.165, 1.54) is 0 Å². The van der Waals surface area contributed by atoms with Crippen molar-refractivity contribution in [2.24, 2.45) is 0 Å². The first kappa shape index (κ1) is 17.3. The third-order valence-electron chi connectivity index (χ3n) is 2.74. The lowest BCUT2D eigenvalue weighted by Crippen LogP contribution is -2.56. The third-order valence-corrected chi connectivity index (χ3v) is 5.17. The van der Waals surface area contributed by atoms with Gasteiger partial charge in [0.25, 0.3) is 0 Å². The molecular weight excluding hydrogens is 335 g/mol. The summed E-state index contributed by atoms with van der Waals surface area (Å²) in [6.07, 6.45) is 0.538. The molecule has 0 saturated carbocycles. The van der Waals surface area contributed by atoms with Crippen LogP contribution in [0.1, 0.15) is 26.2 Å². The molecule has 19 heavy (non-hydrogen) atoms. The zero-order valence-corrected chi connectivity index (χ0v) is 13.5. The van der Waals surface area contributed by atoms with Gasteiger partial charge in [-0.3, -0.25) is 10.1 Å². The lowest BCUT2D eigenvalue weighted by Gasteiger charge is -2.29. The van der Waals surface area contributed by atoms with Gasteiger partial charge in [0.05, 0.1) is 11.5 Å². The Morgan fingerprint density at radius 2 is 2.05 bits per heavy atom. The number of nitrogens with one attached hydrogen (secondary N) is 2. The van der Waals surface area contributed by atoms with Gasteiger partial charge in [-0.1, -0.05) is 41.7 Å². The normalized spacial score (nSPS) is 24.1. The maximum absolute atomic E-state index is 11.6. The van der Waals surface area contributed by atoms with Gasteiger partial charge >= 0.3 is 0 Å². The van der Waals surface area contributed by atoms with Crippen LogP contribution in [-0.2, 0) is 14.6 Å². The fourth-order valence-corrected chi connectivity index (χ4v) is 3.88. The lowest BCUT2D eigenvalue weighted by molar-refractivity contribution is -0.122. The van der Waals surface area contributed by atoms with Crippen molar-refractivity contribution in [2.75, 3.05) is 11.5 Å². The second kappa shape index (κ2) is 6.80. The Balaban J connectivity index is 2.63. The molecule has 1 saturated heterocycles. The van der Waals surface area contributed by atoms with Crippen molar-refractivity contribution in [3.63, 3.8) is 0 Å². The molecule has 1 fully saturated rings. The number of sulfone groups is 1. The van der Waals surface area contributed by atoms with Crippen LogP contribution < -0.4 is 10.6 Å². The summed E-state index contributed by atoms with van der Waals surface area (Å²) in [5, 5.41) is 5.47. The molecule has 1 rings (SSSR count). The molecule has 2 N–H and O–H groups in total. The SMILES string of the molecule is CCCC(=O)N[C@H](N[C@@H]1CCS(=O)(=O)C1)C(Cl)(Cl)Cl. The second-order valence-electron chi connectivity index (χ2n) is 4.56. The van der Waals surface area contributed by atoms with Crippen LogP contribution in [0.15, 0.2) is 0 Å². The molecule has 1 heterocycles. The van der Waals surface area contributed by atoms with E-state index in [0.717, 1.165) is 0 Å². The molecule has 112 valence electrons. The number of carbonyl (C=O) groups excluding carboxylic acids is 1. The van der Waals surface area contributed by atoms with E-state index in [0.29, 0.717) is 19.3 Å². The van der Waals surface area contributed by atoms with Crippen LogP contribution in [0.2, 0.25) is 0 Å². The Kier molecular flexibility index (Phi) is 6.20. The van der Waals surface area contributed by atoms with E-state index in [1.807, 2.05) is 6.92 Å². The smallest absolute Gasteiger partial charge is 0.223 e. The fourth-order valence-electron chi connectivity index (χ4n) is 1.84. The molecule has 2 atom stereocenters. The quantitative estimate of drug-likeness (QED) is 0.579. The molecule has 0 radical (unpaired) electrons. The van der Waals surface area contributed by atoms with E-state index in [1.54, 1.807) is 0 Å². The molecule has 9 heteroatoms. The molecule has 5 nitrogen and oxygen atoms in total. The zero-order valence-electron chi connectivity index (χ0n) is 10.5. The van der Waals surface area contributed by atoms with Gasteiger partial charge in [-0.15, -0.1) is 0 Å². The molecule has 0 unspecified atom stereocenters. The average molecular weight is 352 g/mol. The summed E-state index contributed by atoms with van der Waals surface area (Å²) >= 11 is 17.4. The summed E-state index contributed by atoms with van der Waals surface area (Å²) in [4.78, 5) is 11.6. The highest BCUT2D eigenvalue weighted by molar-refractivity contribution is 7.91. The van der Waals surface area contributed by atoms with Crippen molar-refractivity contribution >= 4 is 50.5 Å². The summed E-state index contributed by atoms with van der Waals surface area (Å²) in [5.74, 6) is -0.138. The molecule has 0 bridgehead atoms. The maximum atomic E-state index is 11.6. The predicted molar refractivity (Wildman–Crippen MR) is 77.3 cm³/mol. The van der Waals surface area contributed by atoms with Crippen molar-refractivity contribution in [1.29, 1.82) is 0 Å². The highest BCUT2D eigenvalue weighted by atomic mass is 35.6. The van der Waals surface area contributed by atoms with Gasteiger partial charge in [0.2, 0.25) is 9.70 Å². The van der Waals surface area contributed by atoms with Crippen LogP contribution in [-0.4, -0.2) is 41.8 Å². The number of amides is 1. The van der Waals surface area contributed by atoms with Crippen LogP contribution >= 0.6 is 34.8 Å². The minimum absolute atomic E-state index is 0.00606.